The van der Waals surface area contributed by atoms with Gasteiger partial charge in [-0.1, -0.05) is 0 Å². The number of piperazine rings is 1. The van der Waals surface area contributed by atoms with E-state index in [1.165, 1.54) is 0 Å². The van der Waals surface area contributed by atoms with E-state index >= 15 is 0 Å². The van der Waals surface area contributed by atoms with Crippen LogP contribution in [0, 0.1) is 0 Å². The van der Waals surface area contributed by atoms with Crippen LogP contribution in [0.2, 0.25) is 0 Å². The lowest BCUT2D eigenvalue weighted by atomic mass is 10.0. The van der Waals surface area contributed by atoms with Crippen LogP contribution < -0.4 is 10.6 Å². The van der Waals surface area contributed by atoms with Crippen LogP contribution in [-0.4, -0.2) is 95.3 Å². The molecule has 0 spiro atoms. The molecule has 2 N–H and O–H groups in total. The zero-order chi connectivity index (χ0) is 26.0. The first-order valence-electron chi connectivity index (χ1n) is 12.3. The number of fused-ring (bicyclic) bond motifs is 1. The third kappa shape index (κ3) is 5.67. The minimum absolute atomic E-state index is 0.0900. The number of hydrogen-bond acceptors (Lipinski definition) is 8. The first-order chi connectivity index (χ1) is 17.0. The van der Waals surface area contributed by atoms with E-state index in [2.05, 4.69) is 15.5 Å². The van der Waals surface area contributed by atoms with Crippen molar-refractivity contribution in [2.75, 3.05) is 44.6 Å². The fraction of sp³-hybridized carbons (Fsp3) is 0.560. The fourth-order valence-corrected chi connectivity index (χ4v) is 4.60. The summed E-state index contributed by atoms with van der Waals surface area (Å²) in [7, 11) is 0. The van der Waals surface area contributed by atoms with Gasteiger partial charge >= 0.3 is 6.09 Å². The smallest absolute Gasteiger partial charge is 0.410 e. The van der Waals surface area contributed by atoms with Crippen molar-refractivity contribution in [2.24, 2.45) is 0 Å². The molecular formula is C25H33N5O6. The molecule has 5 amide bonds. The molecule has 2 fully saturated rings. The third-order valence-corrected chi connectivity index (χ3v) is 6.44. The molecule has 11 heteroatoms. The van der Waals surface area contributed by atoms with Crippen molar-refractivity contribution in [3.63, 3.8) is 0 Å². The van der Waals surface area contributed by atoms with Gasteiger partial charge in [-0.15, -0.1) is 0 Å². The second-order valence-corrected chi connectivity index (χ2v) is 10.3. The number of piperidine rings is 1. The van der Waals surface area contributed by atoms with Gasteiger partial charge < -0.3 is 15.0 Å². The summed E-state index contributed by atoms with van der Waals surface area (Å²) in [4.78, 5) is 66.5. The minimum Gasteiger partial charge on any atom is -0.444 e. The Labute approximate surface area is 210 Å². The van der Waals surface area contributed by atoms with Crippen molar-refractivity contribution in [3.8, 4) is 0 Å². The van der Waals surface area contributed by atoms with Gasteiger partial charge in [-0.3, -0.25) is 34.3 Å². The van der Waals surface area contributed by atoms with Gasteiger partial charge in [-0.05, 0) is 58.4 Å². The largest absolute Gasteiger partial charge is 0.444 e. The Bertz CT molecular complexity index is 1070. The topological polar surface area (TPSA) is 128 Å². The Morgan fingerprint density at radius 3 is 2.42 bits per heavy atom. The van der Waals surface area contributed by atoms with Crippen LogP contribution in [0.15, 0.2) is 18.2 Å². The molecule has 2 saturated heterocycles. The molecule has 1 unspecified atom stereocenters. The van der Waals surface area contributed by atoms with E-state index in [0.717, 1.165) is 36.6 Å². The molecule has 0 radical (unpaired) electrons. The van der Waals surface area contributed by atoms with E-state index in [-0.39, 0.29) is 30.1 Å². The van der Waals surface area contributed by atoms with Gasteiger partial charge in [0.25, 0.3) is 11.8 Å². The molecule has 1 aromatic rings. The lowest BCUT2D eigenvalue weighted by Crippen LogP contribution is -2.54. The number of carbonyl (C=O) groups excluding carboxylic acids is 5. The Balaban J connectivity index is 1.24. The Hall–Kier alpha value is -3.47. The molecule has 11 nitrogen and oxygen atoms in total. The predicted octanol–water partition coefficient (Wildman–Crippen LogP) is 1.44. The van der Waals surface area contributed by atoms with Gasteiger partial charge in [0.2, 0.25) is 11.8 Å². The summed E-state index contributed by atoms with van der Waals surface area (Å²) in [6, 6.07) is 4.01. The monoisotopic (exact) mass is 499 g/mol. The van der Waals surface area contributed by atoms with E-state index in [0.29, 0.717) is 19.6 Å². The number of ether oxygens (including phenoxy) is 1. The summed E-state index contributed by atoms with van der Waals surface area (Å²) in [6.45, 7) is 9.94. The number of anilines is 1. The molecule has 194 valence electrons. The molecule has 3 aliphatic heterocycles. The molecular weight excluding hydrogens is 466 g/mol. The van der Waals surface area contributed by atoms with Crippen molar-refractivity contribution < 1.29 is 28.7 Å². The van der Waals surface area contributed by atoms with E-state index in [9.17, 15) is 24.0 Å². The number of carbonyl (C=O) groups is 5. The molecule has 0 aliphatic carbocycles. The molecule has 36 heavy (non-hydrogen) atoms. The molecule has 3 aliphatic rings. The van der Waals surface area contributed by atoms with Crippen LogP contribution in [-0.2, 0) is 14.3 Å². The summed E-state index contributed by atoms with van der Waals surface area (Å²) in [5, 5.41) is 5.49. The summed E-state index contributed by atoms with van der Waals surface area (Å²) >= 11 is 0. The van der Waals surface area contributed by atoms with Gasteiger partial charge in [0.05, 0.1) is 11.1 Å². The quantitative estimate of drug-likeness (QED) is 0.445. The second kappa shape index (κ2) is 10.3. The Morgan fingerprint density at radius 2 is 1.75 bits per heavy atom. The van der Waals surface area contributed by atoms with Crippen LogP contribution in [0.4, 0.5) is 10.5 Å². The molecule has 4 rings (SSSR count). The number of benzene rings is 1. The number of nitrogens with one attached hydrogen (secondary N) is 2. The molecule has 0 saturated carbocycles. The maximum Gasteiger partial charge on any atom is 0.410 e. The fourth-order valence-electron chi connectivity index (χ4n) is 4.60. The van der Waals surface area contributed by atoms with Gasteiger partial charge in [0.15, 0.2) is 0 Å². The van der Waals surface area contributed by atoms with E-state index in [1.807, 2.05) is 20.8 Å². The van der Waals surface area contributed by atoms with Crippen molar-refractivity contribution in [3.05, 3.63) is 29.3 Å². The van der Waals surface area contributed by atoms with E-state index in [1.54, 1.807) is 23.1 Å². The summed E-state index contributed by atoms with van der Waals surface area (Å²) in [6.07, 6.45) is 0.809. The summed E-state index contributed by atoms with van der Waals surface area (Å²) in [5.74, 6) is -2.05. The van der Waals surface area contributed by atoms with Gasteiger partial charge in [-0.2, -0.15) is 0 Å². The van der Waals surface area contributed by atoms with Crippen molar-refractivity contribution >= 4 is 35.4 Å². The summed E-state index contributed by atoms with van der Waals surface area (Å²) < 4.78 is 5.43. The van der Waals surface area contributed by atoms with Gasteiger partial charge in [0.1, 0.15) is 11.6 Å². The molecule has 0 aromatic heterocycles. The Kier molecular flexibility index (Phi) is 7.30. The maximum absolute atomic E-state index is 12.9. The highest BCUT2D eigenvalue weighted by atomic mass is 16.6. The van der Waals surface area contributed by atoms with E-state index < -0.39 is 35.3 Å². The van der Waals surface area contributed by atoms with Crippen LogP contribution in [0.5, 0.6) is 0 Å². The average Bonchev–Trinajstić information content (AvgIpc) is 3.06. The molecule has 3 heterocycles. The summed E-state index contributed by atoms with van der Waals surface area (Å²) in [5.41, 5.74) is 0.735. The highest BCUT2D eigenvalue weighted by molar-refractivity contribution is 6.23. The Morgan fingerprint density at radius 1 is 1.06 bits per heavy atom. The first-order valence-corrected chi connectivity index (χ1v) is 12.3. The normalized spacial score (nSPS) is 20.9. The second-order valence-electron chi connectivity index (χ2n) is 10.3. The van der Waals surface area contributed by atoms with Gasteiger partial charge in [0, 0.05) is 44.8 Å². The molecule has 1 aromatic carbocycles. The maximum atomic E-state index is 12.9. The highest BCUT2D eigenvalue weighted by Gasteiger charge is 2.44. The van der Waals surface area contributed by atoms with E-state index in [4.69, 9.17) is 4.74 Å². The lowest BCUT2D eigenvalue weighted by molar-refractivity contribution is -0.136. The van der Waals surface area contributed by atoms with Crippen molar-refractivity contribution in [1.29, 1.82) is 0 Å². The van der Waals surface area contributed by atoms with Crippen molar-refractivity contribution in [1.82, 2.24) is 20.0 Å². The van der Waals surface area contributed by atoms with Crippen LogP contribution in [0.25, 0.3) is 0 Å². The average molecular weight is 500 g/mol. The standard InChI is InChI=1S/C25H33N5O6/c1-25(2,3)36-24(35)29-13-11-28(12-14-29)10-4-9-26-16-5-6-17-18(15-16)23(34)30(22(17)33)19-7-8-20(31)27-21(19)32/h5-6,15,19,26H,4,7-14H2,1-3H3,(H,27,31,32). The highest BCUT2D eigenvalue weighted by Crippen LogP contribution is 2.29. The van der Waals surface area contributed by atoms with Gasteiger partial charge in [-0.25, -0.2) is 4.79 Å². The minimum atomic E-state index is -0.970. The number of amides is 5. The first kappa shape index (κ1) is 25.6. The lowest BCUT2D eigenvalue weighted by Gasteiger charge is -2.35. The van der Waals surface area contributed by atoms with Crippen LogP contribution in [0.1, 0.15) is 60.7 Å². The van der Waals surface area contributed by atoms with Crippen LogP contribution in [0.3, 0.4) is 0 Å². The number of rotatable bonds is 6. The number of imide groups is 2. The predicted molar refractivity (Wildman–Crippen MR) is 130 cm³/mol. The SMILES string of the molecule is CC(C)(C)OC(=O)N1CCN(CCCNc2ccc3c(c2)C(=O)N(C2CCC(=O)NC2=O)C3=O)CC1. The zero-order valence-corrected chi connectivity index (χ0v) is 21.0. The number of nitrogens with zero attached hydrogens (tertiary/aromatic N) is 3. The number of hydrogen-bond donors (Lipinski definition) is 2. The van der Waals surface area contributed by atoms with Crippen molar-refractivity contribution in [2.45, 2.75) is 51.7 Å². The zero-order valence-electron chi connectivity index (χ0n) is 21.0. The molecule has 1 atom stereocenters. The van der Waals surface area contributed by atoms with Crippen LogP contribution >= 0.6 is 0 Å². The molecule has 0 bridgehead atoms. The third-order valence-electron chi connectivity index (χ3n) is 6.44.